The molecule has 1 saturated heterocycles. The zero-order valence-corrected chi connectivity index (χ0v) is 9.67. The molecule has 100 valence electrons. The smallest absolute Gasteiger partial charge is 0.372 e. The number of halogens is 3. The van der Waals surface area contributed by atoms with Gasteiger partial charge in [-0.15, -0.1) is 0 Å². The Morgan fingerprint density at radius 3 is 2.59 bits per heavy atom. The van der Waals surface area contributed by atoms with Crippen molar-refractivity contribution >= 4 is 5.91 Å². The normalized spacial score (nSPS) is 25.4. The second-order valence-corrected chi connectivity index (χ2v) is 4.36. The maximum Gasteiger partial charge on any atom is 0.411 e. The minimum Gasteiger partial charge on any atom is -0.372 e. The number of carbonyl (C=O) groups excluding carboxylic acids is 1. The minimum absolute atomic E-state index is 0.0322. The van der Waals surface area contributed by atoms with E-state index in [1.54, 1.807) is 4.90 Å². The van der Waals surface area contributed by atoms with E-state index >= 15 is 0 Å². The Bertz CT molecular complexity index is 261. The van der Waals surface area contributed by atoms with Crippen LogP contribution in [-0.4, -0.2) is 49.3 Å². The first-order valence-corrected chi connectivity index (χ1v) is 5.47. The quantitative estimate of drug-likeness (QED) is 0.754. The van der Waals surface area contributed by atoms with Gasteiger partial charge < -0.3 is 15.4 Å². The Morgan fingerprint density at radius 2 is 2.12 bits per heavy atom. The average molecular weight is 254 g/mol. The summed E-state index contributed by atoms with van der Waals surface area (Å²) in [5.74, 6) is 0.0296. The summed E-state index contributed by atoms with van der Waals surface area (Å²) in [5, 5.41) is 0. The van der Waals surface area contributed by atoms with Gasteiger partial charge >= 0.3 is 6.18 Å². The third-order valence-corrected chi connectivity index (χ3v) is 2.75. The predicted octanol–water partition coefficient (Wildman–Crippen LogP) is 0.761. The van der Waals surface area contributed by atoms with E-state index in [4.69, 9.17) is 5.73 Å². The molecular weight excluding hydrogens is 237 g/mol. The van der Waals surface area contributed by atoms with Crippen LogP contribution in [0.15, 0.2) is 0 Å². The molecule has 2 unspecified atom stereocenters. The average Bonchev–Trinajstić information content (AvgIpc) is 2.52. The van der Waals surface area contributed by atoms with Crippen LogP contribution in [0.2, 0.25) is 0 Å². The molecule has 17 heavy (non-hydrogen) atoms. The molecule has 0 saturated carbocycles. The van der Waals surface area contributed by atoms with Gasteiger partial charge in [-0.3, -0.25) is 4.79 Å². The number of likely N-dealkylation sites (tertiary alicyclic amines) is 1. The number of alkyl halides is 3. The minimum atomic E-state index is -4.34. The molecule has 1 aliphatic heterocycles. The summed E-state index contributed by atoms with van der Waals surface area (Å²) in [5.41, 5.74) is 5.74. The largest absolute Gasteiger partial charge is 0.411 e. The van der Waals surface area contributed by atoms with Crippen LogP contribution in [0, 0.1) is 5.92 Å². The fourth-order valence-corrected chi connectivity index (χ4v) is 1.70. The van der Waals surface area contributed by atoms with Crippen molar-refractivity contribution in [3.63, 3.8) is 0 Å². The number of nitrogens with zero attached hydrogens (tertiary/aromatic N) is 1. The van der Waals surface area contributed by atoms with E-state index in [9.17, 15) is 18.0 Å². The van der Waals surface area contributed by atoms with E-state index in [0.717, 1.165) is 0 Å². The van der Waals surface area contributed by atoms with Gasteiger partial charge in [-0.1, -0.05) is 6.92 Å². The molecule has 7 heteroatoms. The van der Waals surface area contributed by atoms with Gasteiger partial charge in [0.15, 0.2) is 0 Å². The number of ether oxygens (including phenoxy) is 1. The molecule has 0 radical (unpaired) electrons. The number of nitrogens with two attached hydrogens (primary N) is 1. The van der Waals surface area contributed by atoms with E-state index in [2.05, 4.69) is 4.74 Å². The summed E-state index contributed by atoms with van der Waals surface area (Å²) in [6, 6.07) is -0.0463. The summed E-state index contributed by atoms with van der Waals surface area (Å²) in [6.45, 7) is 1.46. The molecule has 0 aromatic heterocycles. The van der Waals surface area contributed by atoms with Gasteiger partial charge in [0.2, 0.25) is 5.91 Å². The van der Waals surface area contributed by atoms with Crippen LogP contribution in [-0.2, 0) is 9.53 Å². The standard InChI is InChI=1S/C10H17F3N2O2/c1-7-4-15(5-8(7)14)9(16)2-3-17-6-10(11,12)13/h7-8H,2-6,14H2,1H3. The first-order valence-electron chi connectivity index (χ1n) is 5.47. The van der Waals surface area contributed by atoms with Crippen molar-refractivity contribution in [2.75, 3.05) is 26.3 Å². The summed E-state index contributed by atoms with van der Waals surface area (Å²) in [7, 11) is 0. The fraction of sp³-hybridized carbons (Fsp3) is 0.900. The number of amides is 1. The summed E-state index contributed by atoms with van der Waals surface area (Å²) < 4.78 is 39.6. The molecule has 2 N–H and O–H groups in total. The Balaban J connectivity index is 2.18. The molecule has 1 aliphatic rings. The zero-order valence-electron chi connectivity index (χ0n) is 9.67. The molecule has 1 heterocycles. The second kappa shape index (κ2) is 5.68. The molecule has 0 aliphatic carbocycles. The van der Waals surface area contributed by atoms with Gasteiger partial charge in [0, 0.05) is 19.1 Å². The van der Waals surface area contributed by atoms with E-state index in [1.807, 2.05) is 6.92 Å². The van der Waals surface area contributed by atoms with Crippen molar-refractivity contribution in [3.05, 3.63) is 0 Å². The molecule has 1 amide bonds. The lowest BCUT2D eigenvalue weighted by atomic mass is 10.1. The monoisotopic (exact) mass is 254 g/mol. The molecule has 1 rings (SSSR count). The third-order valence-electron chi connectivity index (χ3n) is 2.75. The van der Waals surface area contributed by atoms with Crippen LogP contribution >= 0.6 is 0 Å². The van der Waals surface area contributed by atoms with Crippen LogP contribution in [0.5, 0.6) is 0 Å². The summed E-state index contributed by atoms with van der Waals surface area (Å²) in [6.07, 6.45) is -4.37. The van der Waals surface area contributed by atoms with Gasteiger partial charge in [-0.05, 0) is 5.92 Å². The van der Waals surface area contributed by atoms with Gasteiger partial charge in [0.1, 0.15) is 6.61 Å². The highest BCUT2D eigenvalue weighted by atomic mass is 19.4. The van der Waals surface area contributed by atoms with Crippen molar-refractivity contribution in [3.8, 4) is 0 Å². The summed E-state index contributed by atoms with van der Waals surface area (Å²) in [4.78, 5) is 13.1. The zero-order chi connectivity index (χ0) is 13.1. The number of hydrogen-bond donors (Lipinski definition) is 1. The Hall–Kier alpha value is -0.820. The maximum absolute atomic E-state index is 11.7. The molecule has 0 aromatic carbocycles. The molecule has 2 atom stereocenters. The van der Waals surface area contributed by atoms with Crippen LogP contribution in [0.25, 0.3) is 0 Å². The number of carbonyl (C=O) groups is 1. The van der Waals surface area contributed by atoms with Crippen LogP contribution < -0.4 is 5.73 Å². The van der Waals surface area contributed by atoms with Gasteiger partial charge in [-0.25, -0.2) is 0 Å². The number of rotatable bonds is 4. The fourth-order valence-electron chi connectivity index (χ4n) is 1.70. The van der Waals surface area contributed by atoms with Crippen LogP contribution in [0.4, 0.5) is 13.2 Å². The van der Waals surface area contributed by atoms with Crippen molar-refractivity contribution in [1.29, 1.82) is 0 Å². The Kier molecular flexibility index (Phi) is 4.76. The summed E-state index contributed by atoms with van der Waals surface area (Å²) >= 11 is 0. The van der Waals surface area contributed by atoms with E-state index in [1.165, 1.54) is 0 Å². The highest BCUT2D eigenvalue weighted by molar-refractivity contribution is 5.76. The lowest BCUT2D eigenvalue weighted by Crippen LogP contribution is -2.32. The molecule has 1 fully saturated rings. The molecule has 0 aromatic rings. The highest BCUT2D eigenvalue weighted by Gasteiger charge is 2.30. The molecular formula is C10H17F3N2O2. The third kappa shape index (κ3) is 4.91. The highest BCUT2D eigenvalue weighted by Crippen LogP contribution is 2.16. The lowest BCUT2D eigenvalue weighted by Gasteiger charge is -2.16. The van der Waals surface area contributed by atoms with E-state index in [-0.39, 0.29) is 30.9 Å². The Labute approximate surface area is 97.9 Å². The topological polar surface area (TPSA) is 55.6 Å². The first kappa shape index (κ1) is 14.2. The Morgan fingerprint density at radius 1 is 1.47 bits per heavy atom. The van der Waals surface area contributed by atoms with Crippen molar-refractivity contribution < 1.29 is 22.7 Å². The van der Waals surface area contributed by atoms with Gasteiger partial charge in [0.05, 0.1) is 13.0 Å². The van der Waals surface area contributed by atoms with Crippen molar-refractivity contribution in [1.82, 2.24) is 4.90 Å². The van der Waals surface area contributed by atoms with Crippen molar-refractivity contribution in [2.45, 2.75) is 25.6 Å². The van der Waals surface area contributed by atoms with Crippen molar-refractivity contribution in [2.24, 2.45) is 11.7 Å². The number of hydrogen-bond acceptors (Lipinski definition) is 3. The molecule has 0 bridgehead atoms. The first-order chi connectivity index (χ1) is 7.79. The maximum atomic E-state index is 11.7. The second-order valence-electron chi connectivity index (χ2n) is 4.36. The molecule has 0 spiro atoms. The van der Waals surface area contributed by atoms with Crippen LogP contribution in [0.1, 0.15) is 13.3 Å². The predicted molar refractivity (Wildman–Crippen MR) is 55.2 cm³/mol. The van der Waals surface area contributed by atoms with E-state index in [0.29, 0.717) is 13.1 Å². The molecule has 4 nitrogen and oxygen atoms in total. The SMILES string of the molecule is CC1CN(C(=O)CCOCC(F)(F)F)CC1N. The van der Waals surface area contributed by atoms with Gasteiger partial charge in [-0.2, -0.15) is 13.2 Å². The van der Waals surface area contributed by atoms with Gasteiger partial charge in [0.25, 0.3) is 0 Å². The van der Waals surface area contributed by atoms with Crippen LogP contribution in [0.3, 0.4) is 0 Å². The van der Waals surface area contributed by atoms with E-state index < -0.39 is 12.8 Å². The lowest BCUT2D eigenvalue weighted by molar-refractivity contribution is -0.175.